The molecule has 0 aromatic heterocycles. The molecule has 2 aromatic rings. The van der Waals surface area contributed by atoms with Crippen LogP contribution in [-0.4, -0.2) is 24.0 Å². The maximum Gasteiger partial charge on any atom is 0.0719 e. The Morgan fingerprint density at radius 3 is 1.57 bits per heavy atom. The van der Waals surface area contributed by atoms with E-state index in [1.807, 2.05) is 0 Å². The van der Waals surface area contributed by atoms with Crippen molar-refractivity contribution in [2.45, 2.75) is 26.7 Å². The number of benzene rings is 2. The highest BCUT2D eigenvalue weighted by molar-refractivity contribution is 6.12. The summed E-state index contributed by atoms with van der Waals surface area (Å²) in [5, 5.41) is 9.07. The minimum atomic E-state index is 0.0730. The molecule has 2 nitrogen and oxygen atoms in total. The van der Waals surface area contributed by atoms with Gasteiger partial charge in [-0.1, -0.05) is 62.4 Å². The molecule has 0 radical (unpaired) electrons. The normalized spacial score (nSPS) is 10.4. The Morgan fingerprint density at radius 1 is 0.810 bits per heavy atom. The number of aliphatic imine (C=N–C) groups is 1. The van der Waals surface area contributed by atoms with E-state index in [2.05, 4.69) is 67.4 Å². The Balaban J connectivity index is 2.36. The highest BCUT2D eigenvalue weighted by atomic mass is 16.3. The van der Waals surface area contributed by atoms with E-state index in [4.69, 9.17) is 5.11 Å². The van der Waals surface area contributed by atoms with Crippen molar-refractivity contribution in [3.8, 4) is 0 Å². The van der Waals surface area contributed by atoms with Crippen molar-refractivity contribution in [1.82, 2.24) is 0 Å². The van der Waals surface area contributed by atoms with Gasteiger partial charge in [0.05, 0.1) is 18.9 Å². The number of aliphatic hydroxyl groups is 1. The molecule has 2 heteroatoms. The van der Waals surface area contributed by atoms with Crippen molar-refractivity contribution in [3.63, 3.8) is 0 Å². The zero-order chi connectivity index (χ0) is 15.1. The van der Waals surface area contributed by atoms with Crippen LogP contribution in [0.15, 0.2) is 53.5 Å². The first kappa shape index (κ1) is 15.5. The Bertz CT molecular complexity index is 532. The number of aryl methyl sites for hydroxylation is 2. The monoisotopic (exact) mass is 281 g/mol. The van der Waals surface area contributed by atoms with Crippen LogP contribution in [0.2, 0.25) is 0 Å². The Hall–Kier alpha value is -1.93. The van der Waals surface area contributed by atoms with Crippen molar-refractivity contribution >= 4 is 5.71 Å². The first-order chi connectivity index (χ1) is 10.3. The fourth-order valence-corrected chi connectivity index (χ4v) is 2.31. The summed E-state index contributed by atoms with van der Waals surface area (Å²) in [6.45, 7) is 4.81. The predicted octanol–water partition coefficient (Wildman–Crippen LogP) is 3.64. The van der Waals surface area contributed by atoms with Gasteiger partial charge in [0.25, 0.3) is 0 Å². The van der Waals surface area contributed by atoms with E-state index in [1.54, 1.807) is 0 Å². The molecule has 0 aliphatic carbocycles. The molecule has 0 amide bonds. The van der Waals surface area contributed by atoms with E-state index in [0.717, 1.165) is 29.7 Å². The number of nitrogens with zero attached hydrogens (tertiary/aromatic N) is 1. The lowest BCUT2D eigenvalue weighted by Gasteiger charge is -2.09. The first-order valence-electron chi connectivity index (χ1n) is 7.62. The first-order valence-corrected chi connectivity index (χ1v) is 7.62. The zero-order valence-electron chi connectivity index (χ0n) is 12.8. The standard InChI is InChI=1S/C19H23NO/c1-3-15-5-9-17(10-6-15)19(20-13-14-21)18-11-7-16(4-2)8-12-18/h5-12,21H,3-4,13-14H2,1-2H3. The van der Waals surface area contributed by atoms with Gasteiger partial charge >= 0.3 is 0 Å². The molecule has 0 fully saturated rings. The third-order valence-corrected chi connectivity index (χ3v) is 3.64. The van der Waals surface area contributed by atoms with Crippen LogP contribution in [0, 0.1) is 0 Å². The lowest BCUT2D eigenvalue weighted by molar-refractivity contribution is 0.307. The second-order valence-electron chi connectivity index (χ2n) is 5.05. The molecule has 0 spiro atoms. The van der Waals surface area contributed by atoms with Gasteiger partial charge in [0.15, 0.2) is 0 Å². The average molecular weight is 281 g/mol. The third-order valence-electron chi connectivity index (χ3n) is 3.64. The molecule has 110 valence electrons. The topological polar surface area (TPSA) is 32.6 Å². The van der Waals surface area contributed by atoms with Crippen molar-refractivity contribution in [2.24, 2.45) is 4.99 Å². The summed E-state index contributed by atoms with van der Waals surface area (Å²) < 4.78 is 0. The minimum absolute atomic E-state index is 0.0730. The van der Waals surface area contributed by atoms with E-state index >= 15 is 0 Å². The average Bonchev–Trinajstić information content (AvgIpc) is 2.56. The van der Waals surface area contributed by atoms with Crippen LogP contribution in [0.3, 0.4) is 0 Å². The molecule has 0 aliphatic rings. The molecule has 1 N–H and O–H groups in total. The van der Waals surface area contributed by atoms with Gasteiger partial charge in [-0.05, 0) is 24.0 Å². The van der Waals surface area contributed by atoms with Gasteiger partial charge in [-0.15, -0.1) is 0 Å². The molecule has 21 heavy (non-hydrogen) atoms. The molecule has 0 bridgehead atoms. The number of aliphatic hydroxyl groups excluding tert-OH is 1. The molecule has 0 unspecified atom stereocenters. The molecule has 0 saturated carbocycles. The van der Waals surface area contributed by atoms with Gasteiger partial charge in [-0.25, -0.2) is 0 Å². The van der Waals surface area contributed by atoms with E-state index in [1.165, 1.54) is 11.1 Å². The number of hydrogen-bond acceptors (Lipinski definition) is 2. The van der Waals surface area contributed by atoms with Crippen LogP contribution in [-0.2, 0) is 12.8 Å². The van der Waals surface area contributed by atoms with E-state index in [9.17, 15) is 0 Å². The molecule has 0 saturated heterocycles. The Labute approximate surface area is 127 Å². The van der Waals surface area contributed by atoms with Crippen molar-refractivity contribution in [2.75, 3.05) is 13.2 Å². The summed E-state index contributed by atoms with van der Waals surface area (Å²) in [6.07, 6.45) is 2.07. The van der Waals surface area contributed by atoms with Gasteiger partial charge in [0.2, 0.25) is 0 Å². The maximum absolute atomic E-state index is 9.07. The van der Waals surface area contributed by atoms with Crippen LogP contribution in [0.5, 0.6) is 0 Å². The number of rotatable bonds is 6. The van der Waals surface area contributed by atoms with Crippen LogP contribution < -0.4 is 0 Å². The molecule has 0 atom stereocenters. The zero-order valence-corrected chi connectivity index (χ0v) is 12.8. The van der Waals surface area contributed by atoms with Gasteiger partial charge in [-0.2, -0.15) is 0 Å². The van der Waals surface area contributed by atoms with Gasteiger partial charge in [0, 0.05) is 11.1 Å². The molecular formula is C19H23NO. The summed E-state index contributed by atoms with van der Waals surface area (Å²) >= 11 is 0. The number of hydrogen-bond donors (Lipinski definition) is 1. The van der Waals surface area contributed by atoms with Crippen LogP contribution >= 0.6 is 0 Å². The van der Waals surface area contributed by atoms with Crippen molar-refractivity contribution in [3.05, 3.63) is 70.8 Å². The summed E-state index contributed by atoms with van der Waals surface area (Å²) in [5.74, 6) is 0. The molecule has 0 aliphatic heterocycles. The SMILES string of the molecule is CCc1ccc(C(=NCCO)c2ccc(CC)cc2)cc1. The second kappa shape index (κ2) is 7.75. The van der Waals surface area contributed by atoms with Crippen molar-refractivity contribution in [1.29, 1.82) is 0 Å². The molecular weight excluding hydrogens is 258 g/mol. The highest BCUT2D eigenvalue weighted by Gasteiger charge is 2.07. The quantitative estimate of drug-likeness (QED) is 0.806. The highest BCUT2D eigenvalue weighted by Crippen LogP contribution is 2.14. The summed E-state index contributed by atoms with van der Waals surface area (Å²) in [6, 6.07) is 17.0. The van der Waals surface area contributed by atoms with Crippen LogP contribution in [0.1, 0.15) is 36.1 Å². The maximum atomic E-state index is 9.07. The van der Waals surface area contributed by atoms with Gasteiger partial charge in [0.1, 0.15) is 0 Å². The largest absolute Gasteiger partial charge is 0.394 e. The summed E-state index contributed by atoms with van der Waals surface area (Å²) in [4.78, 5) is 4.56. The lowest BCUT2D eigenvalue weighted by Crippen LogP contribution is -2.06. The predicted molar refractivity (Wildman–Crippen MR) is 89.2 cm³/mol. The summed E-state index contributed by atoms with van der Waals surface area (Å²) in [5.41, 5.74) is 5.80. The smallest absolute Gasteiger partial charge is 0.0719 e. The van der Waals surface area contributed by atoms with E-state index in [0.29, 0.717) is 6.54 Å². The van der Waals surface area contributed by atoms with Gasteiger partial charge < -0.3 is 5.11 Å². The fraction of sp³-hybridized carbons (Fsp3) is 0.316. The lowest BCUT2D eigenvalue weighted by atomic mass is 9.99. The Morgan fingerprint density at radius 2 is 1.24 bits per heavy atom. The van der Waals surface area contributed by atoms with Gasteiger partial charge in [-0.3, -0.25) is 4.99 Å². The summed E-state index contributed by atoms with van der Waals surface area (Å²) in [7, 11) is 0. The minimum Gasteiger partial charge on any atom is -0.394 e. The van der Waals surface area contributed by atoms with E-state index < -0.39 is 0 Å². The Kier molecular flexibility index (Phi) is 5.70. The van der Waals surface area contributed by atoms with Crippen LogP contribution in [0.25, 0.3) is 0 Å². The van der Waals surface area contributed by atoms with E-state index in [-0.39, 0.29) is 6.61 Å². The molecule has 2 aromatic carbocycles. The molecule has 0 heterocycles. The third kappa shape index (κ3) is 4.02. The molecule has 2 rings (SSSR count). The second-order valence-corrected chi connectivity index (χ2v) is 5.05. The van der Waals surface area contributed by atoms with Crippen LogP contribution in [0.4, 0.5) is 0 Å². The van der Waals surface area contributed by atoms with Crippen molar-refractivity contribution < 1.29 is 5.11 Å². The fourth-order valence-electron chi connectivity index (χ4n) is 2.31.